The maximum absolute atomic E-state index is 2.61. The normalized spacial score (nSPS) is 13.9. The van der Waals surface area contributed by atoms with Crippen molar-refractivity contribution >= 4 is 74.3 Å². The molecule has 4 heteroatoms. The Labute approximate surface area is 438 Å². The molecular formula is C70H60BN3. The zero-order valence-electron chi connectivity index (χ0n) is 43.4. The van der Waals surface area contributed by atoms with Gasteiger partial charge in [0.25, 0.3) is 6.71 Å². The van der Waals surface area contributed by atoms with Crippen LogP contribution in [-0.2, 0) is 16.2 Å². The van der Waals surface area contributed by atoms with Crippen LogP contribution in [0.25, 0.3) is 11.1 Å². The molecule has 0 unspecified atom stereocenters. The smallest absolute Gasteiger partial charge is 0.252 e. The lowest BCUT2D eigenvalue weighted by Crippen LogP contribution is -2.61. The van der Waals surface area contributed by atoms with Crippen LogP contribution in [0.15, 0.2) is 237 Å². The van der Waals surface area contributed by atoms with E-state index in [0.717, 1.165) is 28.4 Å². The van der Waals surface area contributed by atoms with E-state index in [1.807, 2.05) is 0 Å². The number of nitrogens with zero attached hydrogens (tertiary/aromatic N) is 3. The summed E-state index contributed by atoms with van der Waals surface area (Å²) < 4.78 is 0. The highest BCUT2D eigenvalue weighted by molar-refractivity contribution is 7.00. The summed E-state index contributed by atoms with van der Waals surface area (Å²) in [4.78, 5) is 7.56. The highest BCUT2D eigenvalue weighted by Gasteiger charge is 2.48. The molecule has 74 heavy (non-hydrogen) atoms. The van der Waals surface area contributed by atoms with Gasteiger partial charge in [-0.2, -0.15) is 0 Å². The van der Waals surface area contributed by atoms with E-state index in [2.05, 4.69) is 300 Å². The van der Waals surface area contributed by atoms with Crippen LogP contribution in [0.3, 0.4) is 0 Å². The summed E-state index contributed by atoms with van der Waals surface area (Å²) >= 11 is 0. The Morgan fingerprint density at radius 2 is 0.892 bits per heavy atom. The Hall–Kier alpha value is -8.34. The summed E-state index contributed by atoms with van der Waals surface area (Å²) in [6.07, 6.45) is 0. The molecule has 13 rings (SSSR count). The first-order valence-electron chi connectivity index (χ1n) is 26.3. The first-order valence-corrected chi connectivity index (χ1v) is 26.3. The number of benzene rings is 10. The largest absolute Gasteiger partial charge is 0.311 e. The molecule has 10 aromatic rings. The predicted molar refractivity (Wildman–Crippen MR) is 315 cm³/mol. The summed E-state index contributed by atoms with van der Waals surface area (Å²) in [5.74, 6) is 0. The fourth-order valence-corrected chi connectivity index (χ4v) is 12.6. The number of para-hydroxylation sites is 2. The van der Waals surface area contributed by atoms with Crippen molar-refractivity contribution < 1.29 is 0 Å². The molecule has 0 radical (unpaired) electrons. The number of rotatable bonds is 7. The molecule has 2 heterocycles. The molecule has 0 N–H and O–H groups in total. The molecule has 3 nitrogen and oxygen atoms in total. The summed E-state index contributed by atoms with van der Waals surface area (Å²) in [6.45, 7) is 16.1. The Morgan fingerprint density at radius 3 is 1.49 bits per heavy atom. The van der Waals surface area contributed by atoms with E-state index in [0.29, 0.717) is 0 Å². The summed E-state index contributed by atoms with van der Waals surface area (Å²) in [5, 5.41) is 0. The monoisotopic (exact) mass is 953 g/mol. The van der Waals surface area contributed by atoms with Gasteiger partial charge in [0.15, 0.2) is 0 Å². The molecule has 0 amide bonds. The fourth-order valence-electron chi connectivity index (χ4n) is 12.6. The Morgan fingerprint density at radius 1 is 0.378 bits per heavy atom. The lowest BCUT2D eigenvalue weighted by atomic mass is 9.33. The highest BCUT2D eigenvalue weighted by Crippen LogP contribution is 2.58. The SMILES string of the molecule is Cc1cc2c3c(c1)N(c1ccc4c(c1)C(c1ccccc1)(c1ccccc1)c1ccccc1-4)c1cc(N(c4ccccc4)c4ccccc4)ccc1B3c1cc(C(C)(C)C)ccc1N2c1ccc(C(C)(C)C)cc1. The zero-order valence-corrected chi connectivity index (χ0v) is 43.4. The van der Waals surface area contributed by atoms with Crippen LogP contribution >= 0.6 is 0 Å². The Balaban J connectivity index is 1.12. The standard InChI is InChI=1S/C70H60BN3/c1-47-42-65-67-66(43-47)74(55-37-39-58-57-30-20-21-31-59(57)70(60(58)45-55,49-22-12-8-13-23-49)50-24-14-9-15-25-50)64-46-56(72(52-26-16-10-17-27-52)53-28-18-11-19-29-53)38-40-61(64)71(67)62-44-51(69(5,6)7)34-41-63(62)73(65)54-35-32-48(33-36-54)68(2,3)4/h8-46H,1-7H3. The van der Waals surface area contributed by atoms with Gasteiger partial charge in [0.2, 0.25) is 0 Å². The topological polar surface area (TPSA) is 9.72 Å². The molecule has 3 aliphatic rings. The third-order valence-electron chi connectivity index (χ3n) is 16.0. The number of aryl methyl sites for hydroxylation is 1. The van der Waals surface area contributed by atoms with Crippen molar-refractivity contribution in [2.45, 2.75) is 64.7 Å². The average molecular weight is 954 g/mol. The number of fused-ring (bicyclic) bond motifs is 7. The van der Waals surface area contributed by atoms with Gasteiger partial charge in [-0.25, -0.2) is 0 Å². The fraction of sp³-hybridized carbons (Fsp3) is 0.143. The van der Waals surface area contributed by atoms with E-state index in [9.17, 15) is 0 Å². The maximum Gasteiger partial charge on any atom is 0.252 e. The summed E-state index contributed by atoms with van der Waals surface area (Å²) in [7, 11) is 0. The molecule has 0 atom stereocenters. The minimum Gasteiger partial charge on any atom is -0.311 e. The van der Waals surface area contributed by atoms with Crippen LogP contribution in [-0.4, -0.2) is 6.71 Å². The van der Waals surface area contributed by atoms with Gasteiger partial charge in [0.05, 0.1) is 5.41 Å². The number of hydrogen-bond acceptors (Lipinski definition) is 3. The predicted octanol–water partition coefficient (Wildman–Crippen LogP) is 16.5. The molecule has 1 aliphatic carbocycles. The molecule has 0 fully saturated rings. The van der Waals surface area contributed by atoms with E-state index in [1.165, 1.54) is 89.2 Å². The van der Waals surface area contributed by atoms with Crippen LogP contribution < -0.4 is 31.1 Å². The molecule has 10 aromatic carbocycles. The van der Waals surface area contributed by atoms with Crippen molar-refractivity contribution in [3.8, 4) is 11.1 Å². The third-order valence-corrected chi connectivity index (χ3v) is 16.0. The van der Waals surface area contributed by atoms with Gasteiger partial charge in [-0.3, -0.25) is 0 Å². The quantitative estimate of drug-likeness (QED) is 0.147. The lowest BCUT2D eigenvalue weighted by Gasteiger charge is -2.45. The Kier molecular flexibility index (Phi) is 10.5. The van der Waals surface area contributed by atoms with Crippen LogP contribution in [0.5, 0.6) is 0 Å². The zero-order chi connectivity index (χ0) is 50.5. The molecule has 2 aliphatic heterocycles. The molecule has 0 saturated carbocycles. The van der Waals surface area contributed by atoms with Crippen LogP contribution in [0, 0.1) is 6.92 Å². The van der Waals surface area contributed by atoms with Gasteiger partial charge < -0.3 is 14.7 Å². The van der Waals surface area contributed by atoms with E-state index in [4.69, 9.17) is 0 Å². The first-order chi connectivity index (χ1) is 35.9. The molecule has 0 spiro atoms. The van der Waals surface area contributed by atoms with Gasteiger partial charge in [0.1, 0.15) is 0 Å². The summed E-state index contributed by atoms with van der Waals surface area (Å²) in [6, 6.07) is 89.2. The second-order valence-electron chi connectivity index (χ2n) is 22.6. The molecule has 358 valence electrons. The molecule has 0 aromatic heterocycles. The van der Waals surface area contributed by atoms with Gasteiger partial charge in [-0.05, 0) is 163 Å². The van der Waals surface area contributed by atoms with Crippen molar-refractivity contribution in [1.29, 1.82) is 0 Å². The minimum atomic E-state index is -0.560. The number of hydrogen-bond donors (Lipinski definition) is 0. The van der Waals surface area contributed by atoms with Crippen LogP contribution in [0.1, 0.15) is 80.5 Å². The van der Waals surface area contributed by atoms with Crippen molar-refractivity contribution in [2.75, 3.05) is 14.7 Å². The minimum absolute atomic E-state index is 0.0308. The van der Waals surface area contributed by atoms with Crippen molar-refractivity contribution in [3.63, 3.8) is 0 Å². The van der Waals surface area contributed by atoms with Gasteiger partial charge >= 0.3 is 0 Å². The molecule has 0 bridgehead atoms. The van der Waals surface area contributed by atoms with Gasteiger partial charge in [-0.1, -0.05) is 199 Å². The van der Waals surface area contributed by atoms with E-state index in [1.54, 1.807) is 0 Å². The molecule has 0 saturated heterocycles. The van der Waals surface area contributed by atoms with Crippen molar-refractivity contribution in [1.82, 2.24) is 0 Å². The first kappa shape index (κ1) is 45.5. The van der Waals surface area contributed by atoms with E-state index < -0.39 is 5.41 Å². The number of anilines is 9. The molecular weight excluding hydrogens is 894 g/mol. The summed E-state index contributed by atoms with van der Waals surface area (Å²) in [5.41, 5.74) is 25.2. The van der Waals surface area contributed by atoms with Crippen LogP contribution in [0.4, 0.5) is 51.2 Å². The maximum atomic E-state index is 2.61. The average Bonchev–Trinajstić information content (AvgIpc) is 3.72. The van der Waals surface area contributed by atoms with Gasteiger partial charge in [0, 0.05) is 51.2 Å². The second-order valence-corrected chi connectivity index (χ2v) is 22.6. The van der Waals surface area contributed by atoms with Crippen molar-refractivity contribution in [3.05, 3.63) is 276 Å². The van der Waals surface area contributed by atoms with E-state index >= 15 is 0 Å². The Bertz CT molecular complexity index is 3680. The van der Waals surface area contributed by atoms with Crippen molar-refractivity contribution in [2.24, 2.45) is 0 Å². The third kappa shape index (κ3) is 7.10. The van der Waals surface area contributed by atoms with Crippen LogP contribution in [0.2, 0.25) is 0 Å². The second kappa shape index (κ2) is 17.1. The van der Waals surface area contributed by atoms with Gasteiger partial charge in [-0.15, -0.1) is 0 Å². The highest BCUT2D eigenvalue weighted by atomic mass is 15.2. The van der Waals surface area contributed by atoms with E-state index in [-0.39, 0.29) is 17.5 Å². The lowest BCUT2D eigenvalue weighted by molar-refractivity contribution is 0.590.